The van der Waals surface area contributed by atoms with E-state index in [1.54, 1.807) is 48.5 Å². The molecule has 0 aliphatic rings. The Morgan fingerprint density at radius 1 is 1.00 bits per heavy atom. The monoisotopic (exact) mass is 303 g/mol. The van der Waals surface area contributed by atoms with Gasteiger partial charge in [0.1, 0.15) is 17.6 Å². The van der Waals surface area contributed by atoms with Gasteiger partial charge in [0, 0.05) is 5.69 Å². The highest BCUT2D eigenvalue weighted by molar-refractivity contribution is 5.67. The van der Waals surface area contributed by atoms with Crippen LogP contribution in [0, 0.1) is 0 Å². The zero-order valence-corrected chi connectivity index (χ0v) is 11.7. The highest BCUT2D eigenvalue weighted by Crippen LogP contribution is 2.25. The van der Waals surface area contributed by atoms with Crippen molar-refractivity contribution in [2.75, 3.05) is 5.73 Å². The molecule has 0 amide bonds. The number of anilines is 1. The number of hydrogen-bond donors (Lipinski definition) is 4. The van der Waals surface area contributed by atoms with E-state index in [4.69, 9.17) is 15.6 Å². The third-order valence-electron chi connectivity index (χ3n) is 3.09. The predicted molar refractivity (Wildman–Crippen MR) is 80.6 cm³/mol. The Kier molecular flexibility index (Phi) is 4.98. The predicted octanol–water partition coefficient (Wildman–Crippen LogP) is 1.93. The average Bonchev–Trinajstić information content (AvgIpc) is 2.49. The molecule has 2 aromatic carbocycles. The van der Waals surface area contributed by atoms with Gasteiger partial charge in [-0.05, 0) is 42.0 Å². The van der Waals surface area contributed by atoms with Gasteiger partial charge in [0.2, 0.25) is 0 Å². The molecule has 6 heteroatoms. The van der Waals surface area contributed by atoms with E-state index in [0.717, 1.165) is 0 Å². The van der Waals surface area contributed by atoms with E-state index in [-0.39, 0.29) is 0 Å². The Morgan fingerprint density at radius 3 is 2.00 bits per heavy atom. The van der Waals surface area contributed by atoms with Crippen LogP contribution in [0.4, 0.5) is 5.69 Å². The zero-order valence-electron chi connectivity index (χ0n) is 11.7. The van der Waals surface area contributed by atoms with Crippen LogP contribution in [0.1, 0.15) is 18.1 Å². The fraction of sp³-hybridized carbons (Fsp3) is 0.188. The van der Waals surface area contributed by atoms with Crippen molar-refractivity contribution >= 4 is 11.7 Å². The molecule has 5 N–H and O–H groups in total. The van der Waals surface area contributed by atoms with E-state index in [9.17, 15) is 15.0 Å². The summed E-state index contributed by atoms with van der Waals surface area (Å²) in [6, 6.07) is 13.3. The van der Waals surface area contributed by atoms with Gasteiger partial charge < -0.3 is 25.8 Å². The molecule has 116 valence electrons. The van der Waals surface area contributed by atoms with Gasteiger partial charge in [-0.3, -0.25) is 4.79 Å². The Balaban J connectivity index is 2.03. The maximum Gasteiger partial charge on any atom is 0.306 e. The van der Waals surface area contributed by atoms with Gasteiger partial charge >= 0.3 is 5.97 Å². The molecule has 2 aromatic rings. The summed E-state index contributed by atoms with van der Waals surface area (Å²) in [7, 11) is 0. The molecule has 22 heavy (non-hydrogen) atoms. The Labute approximate surface area is 127 Å². The maximum atomic E-state index is 10.5. The van der Waals surface area contributed by atoms with E-state index in [1.807, 2.05) is 0 Å². The van der Waals surface area contributed by atoms with Crippen LogP contribution in [0.25, 0.3) is 0 Å². The number of aliphatic carboxylic acids is 1. The third kappa shape index (κ3) is 4.21. The fourth-order valence-corrected chi connectivity index (χ4v) is 1.92. The Morgan fingerprint density at radius 2 is 1.50 bits per heavy atom. The minimum Gasteiger partial charge on any atom is -0.481 e. The second kappa shape index (κ2) is 6.93. The molecule has 0 radical (unpaired) electrons. The lowest BCUT2D eigenvalue weighted by molar-refractivity contribution is -0.141. The normalized spacial score (nSPS) is 13.4. The van der Waals surface area contributed by atoms with Crippen molar-refractivity contribution < 1.29 is 24.9 Å². The van der Waals surface area contributed by atoms with Gasteiger partial charge in [-0.25, -0.2) is 0 Å². The fourth-order valence-electron chi connectivity index (χ4n) is 1.92. The summed E-state index contributed by atoms with van der Waals surface area (Å²) in [5.41, 5.74) is 6.64. The SMILES string of the molecule is Nc1ccc(Oc2ccc(C(O)C(O)CC(=O)O)cc2)cc1. The lowest BCUT2D eigenvalue weighted by Crippen LogP contribution is -2.21. The molecule has 0 spiro atoms. The van der Waals surface area contributed by atoms with Gasteiger partial charge in [-0.1, -0.05) is 12.1 Å². The number of aliphatic hydroxyl groups is 2. The molecular formula is C16H17NO5. The first-order valence-electron chi connectivity index (χ1n) is 6.67. The minimum absolute atomic E-state index is 0.415. The van der Waals surface area contributed by atoms with Crippen molar-refractivity contribution in [3.05, 3.63) is 54.1 Å². The van der Waals surface area contributed by atoms with Crippen molar-refractivity contribution in [1.82, 2.24) is 0 Å². The van der Waals surface area contributed by atoms with Crippen LogP contribution in [0.2, 0.25) is 0 Å². The highest BCUT2D eigenvalue weighted by Gasteiger charge is 2.21. The van der Waals surface area contributed by atoms with Gasteiger partial charge in [-0.2, -0.15) is 0 Å². The standard InChI is InChI=1S/C16H17NO5/c17-11-3-7-13(8-4-11)22-12-5-1-10(2-6-12)16(21)14(18)9-15(19)20/h1-8,14,16,18,21H,9,17H2,(H,19,20). The number of benzene rings is 2. The smallest absolute Gasteiger partial charge is 0.306 e. The van der Waals surface area contributed by atoms with Crippen LogP contribution in [-0.2, 0) is 4.79 Å². The summed E-state index contributed by atoms with van der Waals surface area (Å²) in [6.45, 7) is 0. The summed E-state index contributed by atoms with van der Waals surface area (Å²) in [6.07, 6.45) is -3.15. The molecule has 6 nitrogen and oxygen atoms in total. The summed E-state index contributed by atoms with van der Waals surface area (Å²) < 4.78 is 5.60. The Bertz CT molecular complexity index is 624. The second-order valence-electron chi connectivity index (χ2n) is 4.85. The molecule has 2 rings (SSSR count). The second-order valence-corrected chi connectivity index (χ2v) is 4.85. The molecule has 0 heterocycles. The van der Waals surface area contributed by atoms with E-state index in [0.29, 0.717) is 22.7 Å². The van der Waals surface area contributed by atoms with Gasteiger partial charge in [0.25, 0.3) is 0 Å². The number of nitrogens with two attached hydrogens (primary N) is 1. The molecule has 2 unspecified atom stereocenters. The number of carbonyl (C=O) groups is 1. The van der Waals surface area contributed by atoms with Gasteiger partial charge in [0.15, 0.2) is 0 Å². The Hall–Kier alpha value is -2.57. The molecular weight excluding hydrogens is 286 g/mol. The van der Waals surface area contributed by atoms with Crippen LogP contribution in [0.5, 0.6) is 11.5 Å². The number of carboxylic acid groups (broad SMARTS) is 1. The van der Waals surface area contributed by atoms with Crippen LogP contribution in [0.15, 0.2) is 48.5 Å². The van der Waals surface area contributed by atoms with Crippen molar-refractivity contribution in [2.24, 2.45) is 0 Å². The lowest BCUT2D eigenvalue weighted by Gasteiger charge is -2.16. The van der Waals surface area contributed by atoms with Crippen molar-refractivity contribution in [1.29, 1.82) is 0 Å². The van der Waals surface area contributed by atoms with E-state index in [2.05, 4.69) is 0 Å². The molecule has 2 atom stereocenters. The zero-order chi connectivity index (χ0) is 16.1. The largest absolute Gasteiger partial charge is 0.481 e. The number of rotatable bonds is 6. The van der Waals surface area contributed by atoms with Crippen LogP contribution in [-0.4, -0.2) is 27.4 Å². The van der Waals surface area contributed by atoms with E-state index < -0.39 is 24.6 Å². The van der Waals surface area contributed by atoms with Gasteiger partial charge in [-0.15, -0.1) is 0 Å². The molecule has 0 saturated carbocycles. The molecule has 0 fully saturated rings. The van der Waals surface area contributed by atoms with Crippen LogP contribution >= 0.6 is 0 Å². The third-order valence-corrected chi connectivity index (χ3v) is 3.09. The van der Waals surface area contributed by atoms with E-state index in [1.165, 1.54) is 0 Å². The average molecular weight is 303 g/mol. The van der Waals surface area contributed by atoms with Gasteiger partial charge in [0.05, 0.1) is 12.5 Å². The summed E-state index contributed by atoms with van der Waals surface area (Å²) in [4.78, 5) is 10.5. The molecule has 0 aromatic heterocycles. The maximum absolute atomic E-state index is 10.5. The quantitative estimate of drug-likeness (QED) is 0.606. The van der Waals surface area contributed by atoms with Crippen molar-refractivity contribution in [2.45, 2.75) is 18.6 Å². The minimum atomic E-state index is -1.36. The number of hydrogen-bond acceptors (Lipinski definition) is 5. The van der Waals surface area contributed by atoms with Crippen molar-refractivity contribution in [3.8, 4) is 11.5 Å². The molecule has 0 saturated heterocycles. The number of aliphatic hydroxyl groups excluding tert-OH is 2. The summed E-state index contributed by atoms with van der Waals surface area (Å²) in [5, 5.41) is 28.1. The molecule has 0 aliphatic carbocycles. The number of ether oxygens (including phenoxy) is 1. The first kappa shape index (κ1) is 15.8. The van der Waals surface area contributed by atoms with Crippen LogP contribution in [0.3, 0.4) is 0 Å². The van der Waals surface area contributed by atoms with Crippen LogP contribution < -0.4 is 10.5 Å². The van der Waals surface area contributed by atoms with Crippen molar-refractivity contribution in [3.63, 3.8) is 0 Å². The number of nitrogen functional groups attached to an aromatic ring is 1. The summed E-state index contributed by atoms with van der Waals surface area (Å²) in [5.74, 6) is -0.00305. The van der Waals surface area contributed by atoms with E-state index >= 15 is 0 Å². The lowest BCUT2D eigenvalue weighted by atomic mass is 10.0. The highest BCUT2D eigenvalue weighted by atomic mass is 16.5. The topological polar surface area (TPSA) is 113 Å². The first-order valence-corrected chi connectivity index (χ1v) is 6.67. The first-order chi connectivity index (χ1) is 10.5. The molecule has 0 aliphatic heterocycles. The number of carboxylic acids is 1. The summed E-state index contributed by atoms with van der Waals surface area (Å²) >= 11 is 0. The molecule has 0 bridgehead atoms.